The first-order chi connectivity index (χ1) is 10.3. The Morgan fingerprint density at radius 1 is 0.857 bits per heavy atom. The summed E-state index contributed by atoms with van der Waals surface area (Å²) in [4.78, 5) is 0. The molecule has 0 spiro atoms. The Morgan fingerprint density at radius 3 is 2.10 bits per heavy atom. The minimum atomic E-state index is 0.947. The third kappa shape index (κ3) is 2.78. The van der Waals surface area contributed by atoms with E-state index in [1.54, 1.807) is 0 Å². The van der Waals surface area contributed by atoms with Gasteiger partial charge in [0, 0.05) is 23.5 Å². The maximum atomic E-state index is 2.44. The summed E-state index contributed by atoms with van der Waals surface area (Å²) in [5.41, 5.74) is 6.78. The maximum absolute atomic E-state index is 2.44. The van der Waals surface area contributed by atoms with Gasteiger partial charge in [-0.15, -0.1) is 0 Å². The number of nitrogens with zero attached hydrogens (tertiary/aromatic N) is 1. The van der Waals surface area contributed by atoms with E-state index in [9.17, 15) is 0 Å². The van der Waals surface area contributed by atoms with Crippen LogP contribution in [-0.2, 0) is 13.0 Å². The molecule has 2 aromatic carbocycles. The van der Waals surface area contributed by atoms with Crippen LogP contribution in [0.4, 0.5) is 0 Å². The Bertz CT molecular complexity index is 708. The topological polar surface area (TPSA) is 4.93 Å². The molecule has 3 rings (SSSR count). The third-order valence-electron chi connectivity index (χ3n) is 4.02. The van der Waals surface area contributed by atoms with Crippen molar-refractivity contribution in [1.82, 2.24) is 4.57 Å². The van der Waals surface area contributed by atoms with Crippen molar-refractivity contribution in [3.8, 4) is 11.1 Å². The zero-order valence-electron chi connectivity index (χ0n) is 12.7. The van der Waals surface area contributed by atoms with Crippen molar-refractivity contribution in [2.24, 2.45) is 0 Å². The normalized spacial score (nSPS) is 10.8. The van der Waals surface area contributed by atoms with E-state index in [2.05, 4.69) is 85.1 Å². The van der Waals surface area contributed by atoms with Crippen molar-refractivity contribution in [2.45, 2.75) is 26.8 Å². The lowest BCUT2D eigenvalue weighted by atomic mass is 10.0. The Hall–Kier alpha value is -2.28. The van der Waals surface area contributed by atoms with Gasteiger partial charge in [0.2, 0.25) is 0 Å². The fraction of sp³-hybridized carbons (Fsp3) is 0.200. The van der Waals surface area contributed by atoms with Gasteiger partial charge in [0.05, 0.1) is 0 Å². The van der Waals surface area contributed by atoms with Gasteiger partial charge in [-0.3, -0.25) is 0 Å². The van der Waals surface area contributed by atoms with Crippen molar-refractivity contribution in [3.63, 3.8) is 0 Å². The van der Waals surface area contributed by atoms with E-state index in [1.807, 2.05) is 0 Å². The number of aromatic nitrogens is 1. The lowest BCUT2D eigenvalue weighted by Crippen LogP contribution is -2.06. The van der Waals surface area contributed by atoms with Crippen molar-refractivity contribution in [2.75, 3.05) is 0 Å². The largest absolute Gasteiger partial charge is 0.344 e. The summed E-state index contributed by atoms with van der Waals surface area (Å²) < 4.78 is 2.44. The molecule has 0 saturated heterocycles. The van der Waals surface area contributed by atoms with E-state index in [0.29, 0.717) is 0 Å². The van der Waals surface area contributed by atoms with Crippen molar-refractivity contribution >= 4 is 0 Å². The van der Waals surface area contributed by atoms with Crippen LogP contribution in [-0.4, -0.2) is 4.57 Å². The Morgan fingerprint density at radius 2 is 1.48 bits per heavy atom. The van der Waals surface area contributed by atoms with Gasteiger partial charge in [0.1, 0.15) is 0 Å². The summed E-state index contributed by atoms with van der Waals surface area (Å²) in [6, 6.07) is 23.7. The zero-order valence-corrected chi connectivity index (χ0v) is 12.7. The highest BCUT2D eigenvalue weighted by Gasteiger charge is 2.12. The molecule has 106 valence electrons. The second kappa shape index (κ2) is 6.01. The van der Waals surface area contributed by atoms with Gasteiger partial charge in [-0.1, -0.05) is 67.6 Å². The molecule has 0 radical (unpaired) electrons. The van der Waals surface area contributed by atoms with Crippen molar-refractivity contribution in [1.29, 1.82) is 0 Å². The highest BCUT2D eigenvalue weighted by molar-refractivity contribution is 5.67. The molecule has 1 nitrogen and oxygen atoms in total. The van der Waals surface area contributed by atoms with Gasteiger partial charge < -0.3 is 4.57 Å². The summed E-state index contributed by atoms with van der Waals surface area (Å²) in [6.45, 7) is 5.39. The van der Waals surface area contributed by atoms with Gasteiger partial charge in [0.15, 0.2) is 0 Å². The van der Waals surface area contributed by atoms with Crippen LogP contribution in [0.3, 0.4) is 0 Å². The molecule has 1 heterocycles. The molecule has 0 unspecified atom stereocenters. The van der Waals surface area contributed by atoms with Crippen LogP contribution in [0.1, 0.15) is 23.9 Å². The smallest absolute Gasteiger partial charge is 0.0475 e. The zero-order chi connectivity index (χ0) is 14.7. The molecule has 1 heteroatoms. The number of aryl methyl sites for hydroxylation is 1. The molecule has 0 aliphatic carbocycles. The van der Waals surface area contributed by atoms with Gasteiger partial charge in [-0.2, -0.15) is 0 Å². The lowest BCUT2D eigenvalue weighted by molar-refractivity contribution is 0.728. The molecule has 0 fully saturated rings. The summed E-state index contributed by atoms with van der Waals surface area (Å²) in [6.07, 6.45) is 1.05. The molecule has 0 N–H and O–H groups in total. The minimum absolute atomic E-state index is 0.947. The fourth-order valence-corrected chi connectivity index (χ4v) is 2.96. The Balaban J connectivity index is 2.04. The molecule has 0 atom stereocenters. The second-order valence-electron chi connectivity index (χ2n) is 5.44. The molecule has 3 aromatic rings. The average molecular weight is 275 g/mol. The molecule has 0 bridgehead atoms. The van der Waals surface area contributed by atoms with E-state index in [0.717, 1.165) is 13.0 Å². The van der Waals surface area contributed by atoms with Gasteiger partial charge in [0.25, 0.3) is 0 Å². The minimum Gasteiger partial charge on any atom is -0.344 e. The molecule has 0 amide bonds. The van der Waals surface area contributed by atoms with Crippen LogP contribution in [0, 0.1) is 6.92 Å². The highest BCUT2D eigenvalue weighted by atomic mass is 15.0. The molecular formula is C20H21N. The summed E-state index contributed by atoms with van der Waals surface area (Å²) in [7, 11) is 0. The van der Waals surface area contributed by atoms with Crippen molar-refractivity contribution in [3.05, 3.63) is 83.7 Å². The van der Waals surface area contributed by atoms with Crippen LogP contribution in [0.2, 0.25) is 0 Å². The van der Waals surface area contributed by atoms with E-state index in [-0.39, 0.29) is 0 Å². The van der Waals surface area contributed by atoms with Crippen molar-refractivity contribution < 1.29 is 0 Å². The standard InChI is InChI=1S/C20H21N/c1-3-20-19(18-12-8-5-9-13-18)14-16(2)21(20)15-17-10-6-4-7-11-17/h4-14H,3,15H2,1-2H3. The molecule has 0 aliphatic rings. The number of rotatable bonds is 4. The van der Waals surface area contributed by atoms with Crippen LogP contribution in [0.15, 0.2) is 66.7 Å². The SMILES string of the molecule is CCc1c(-c2ccccc2)cc(C)n1Cc1ccccc1. The third-order valence-corrected chi connectivity index (χ3v) is 4.02. The number of hydrogen-bond acceptors (Lipinski definition) is 0. The van der Waals surface area contributed by atoms with Crippen LogP contribution < -0.4 is 0 Å². The van der Waals surface area contributed by atoms with E-state index in [1.165, 1.54) is 28.1 Å². The highest BCUT2D eigenvalue weighted by Crippen LogP contribution is 2.28. The Kier molecular flexibility index (Phi) is 3.92. The Labute approximate surface area is 126 Å². The van der Waals surface area contributed by atoms with Gasteiger partial charge in [-0.05, 0) is 30.5 Å². The number of hydrogen-bond donors (Lipinski definition) is 0. The first kappa shape index (κ1) is 13.7. The van der Waals surface area contributed by atoms with Gasteiger partial charge in [-0.25, -0.2) is 0 Å². The van der Waals surface area contributed by atoms with Crippen LogP contribution in [0.5, 0.6) is 0 Å². The molecule has 0 aliphatic heterocycles. The molecule has 1 aromatic heterocycles. The molecule has 0 saturated carbocycles. The van der Waals surface area contributed by atoms with E-state index < -0.39 is 0 Å². The molecule has 21 heavy (non-hydrogen) atoms. The first-order valence-corrected chi connectivity index (χ1v) is 7.58. The van der Waals surface area contributed by atoms with Crippen LogP contribution >= 0.6 is 0 Å². The van der Waals surface area contributed by atoms with Gasteiger partial charge >= 0.3 is 0 Å². The number of benzene rings is 2. The second-order valence-corrected chi connectivity index (χ2v) is 5.44. The maximum Gasteiger partial charge on any atom is 0.0475 e. The van der Waals surface area contributed by atoms with E-state index >= 15 is 0 Å². The van der Waals surface area contributed by atoms with Crippen LogP contribution in [0.25, 0.3) is 11.1 Å². The first-order valence-electron chi connectivity index (χ1n) is 7.58. The summed E-state index contributed by atoms with van der Waals surface area (Å²) in [5, 5.41) is 0. The quantitative estimate of drug-likeness (QED) is 0.626. The molecular weight excluding hydrogens is 254 g/mol. The van der Waals surface area contributed by atoms with E-state index in [4.69, 9.17) is 0 Å². The fourth-order valence-electron chi connectivity index (χ4n) is 2.96. The summed E-state index contributed by atoms with van der Waals surface area (Å²) in [5.74, 6) is 0. The summed E-state index contributed by atoms with van der Waals surface area (Å²) >= 11 is 0. The average Bonchev–Trinajstić information content (AvgIpc) is 2.85. The monoisotopic (exact) mass is 275 g/mol. The predicted molar refractivity (Wildman–Crippen MR) is 89.5 cm³/mol. The lowest BCUT2D eigenvalue weighted by Gasteiger charge is -2.12. The predicted octanol–water partition coefficient (Wildman–Crippen LogP) is 5.07.